The molecular formula is C17H24N2O2. The van der Waals surface area contributed by atoms with Gasteiger partial charge in [-0.2, -0.15) is 0 Å². The molecular weight excluding hydrogens is 264 g/mol. The first kappa shape index (κ1) is 15.5. The van der Waals surface area contributed by atoms with Crippen LogP contribution in [0.15, 0.2) is 24.3 Å². The van der Waals surface area contributed by atoms with E-state index in [1.54, 1.807) is 18.7 Å². The molecule has 4 nitrogen and oxygen atoms in total. The highest BCUT2D eigenvalue weighted by Gasteiger charge is 2.46. The molecule has 2 amide bonds. The Morgan fingerprint density at radius 3 is 2.52 bits per heavy atom. The van der Waals surface area contributed by atoms with Crippen LogP contribution in [0, 0.1) is 0 Å². The van der Waals surface area contributed by atoms with Gasteiger partial charge in [0, 0.05) is 5.69 Å². The molecule has 0 bridgehead atoms. The van der Waals surface area contributed by atoms with Crippen molar-refractivity contribution in [1.82, 2.24) is 5.32 Å². The zero-order valence-electron chi connectivity index (χ0n) is 13.3. The van der Waals surface area contributed by atoms with Crippen molar-refractivity contribution in [3.05, 3.63) is 29.8 Å². The molecule has 1 N–H and O–H groups in total. The molecule has 1 fully saturated rings. The third kappa shape index (κ3) is 2.67. The molecule has 0 aliphatic carbocycles. The molecule has 2 rings (SSSR count). The molecule has 0 spiro atoms. The van der Waals surface area contributed by atoms with Crippen molar-refractivity contribution in [1.29, 1.82) is 0 Å². The highest BCUT2D eigenvalue weighted by atomic mass is 16.2. The number of nitrogens with zero attached hydrogens (tertiary/aromatic N) is 1. The van der Waals surface area contributed by atoms with E-state index in [1.807, 2.05) is 31.2 Å². The number of carbonyl (C=O) groups excluding carboxylic acids is 2. The van der Waals surface area contributed by atoms with Crippen LogP contribution in [0.25, 0.3) is 0 Å². The van der Waals surface area contributed by atoms with Gasteiger partial charge >= 0.3 is 0 Å². The van der Waals surface area contributed by atoms with Crippen LogP contribution in [0.5, 0.6) is 0 Å². The van der Waals surface area contributed by atoms with Crippen LogP contribution in [0.4, 0.5) is 5.69 Å². The Kier molecular flexibility index (Phi) is 4.35. The summed E-state index contributed by atoms with van der Waals surface area (Å²) in [4.78, 5) is 26.8. The quantitative estimate of drug-likeness (QED) is 0.926. The second-order valence-corrected chi connectivity index (χ2v) is 5.90. The van der Waals surface area contributed by atoms with E-state index in [9.17, 15) is 9.59 Å². The van der Waals surface area contributed by atoms with E-state index in [2.05, 4.69) is 12.2 Å². The number of carbonyl (C=O) groups is 2. The van der Waals surface area contributed by atoms with Gasteiger partial charge in [0.05, 0.1) is 0 Å². The number of para-hydroxylation sites is 1. The summed E-state index contributed by atoms with van der Waals surface area (Å²) in [6.45, 7) is 7.62. The molecule has 2 unspecified atom stereocenters. The predicted octanol–water partition coefficient (Wildman–Crippen LogP) is 2.66. The molecule has 21 heavy (non-hydrogen) atoms. The van der Waals surface area contributed by atoms with E-state index >= 15 is 0 Å². The smallest absolute Gasteiger partial charge is 0.253 e. The van der Waals surface area contributed by atoms with Crippen LogP contribution in [0.2, 0.25) is 0 Å². The second-order valence-electron chi connectivity index (χ2n) is 5.90. The van der Waals surface area contributed by atoms with Crippen molar-refractivity contribution in [2.45, 2.75) is 58.5 Å². The summed E-state index contributed by atoms with van der Waals surface area (Å²) >= 11 is 0. The highest BCUT2D eigenvalue weighted by Crippen LogP contribution is 2.30. The average molecular weight is 288 g/mol. The Balaban J connectivity index is 2.49. The van der Waals surface area contributed by atoms with Crippen LogP contribution >= 0.6 is 0 Å². The average Bonchev–Trinajstić information content (AvgIpc) is 2.47. The molecule has 1 heterocycles. The molecule has 0 radical (unpaired) electrons. The molecule has 2 atom stereocenters. The van der Waals surface area contributed by atoms with Crippen LogP contribution in [-0.2, 0) is 16.0 Å². The maximum atomic E-state index is 12.9. The molecule has 4 heteroatoms. The van der Waals surface area contributed by atoms with Crippen LogP contribution < -0.4 is 10.2 Å². The number of hydrogen-bond acceptors (Lipinski definition) is 2. The Morgan fingerprint density at radius 1 is 1.24 bits per heavy atom. The minimum Gasteiger partial charge on any atom is -0.340 e. The lowest BCUT2D eigenvalue weighted by Crippen LogP contribution is -2.68. The van der Waals surface area contributed by atoms with Crippen LogP contribution in [0.1, 0.15) is 46.1 Å². The largest absolute Gasteiger partial charge is 0.340 e. The van der Waals surface area contributed by atoms with Gasteiger partial charge in [-0.1, -0.05) is 38.5 Å². The van der Waals surface area contributed by atoms with E-state index in [0.717, 1.165) is 24.1 Å². The molecule has 1 aliphatic heterocycles. The number of hydrogen-bond donors (Lipinski definition) is 1. The first-order chi connectivity index (χ1) is 9.94. The van der Waals surface area contributed by atoms with Crippen LogP contribution in [-0.4, -0.2) is 23.4 Å². The predicted molar refractivity (Wildman–Crippen MR) is 84.2 cm³/mol. The number of amides is 2. The minimum atomic E-state index is -0.817. The van der Waals surface area contributed by atoms with Crippen LogP contribution in [0.3, 0.4) is 0 Å². The third-order valence-corrected chi connectivity index (χ3v) is 4.33. The standard InChI is InChI=1S/C17H24N2O2/c1-5-9-13-10-7-8-11-14(13)19-12(3)15(20)18-17(4,6-2)16(19)21/h7-8,10-12H,5-6,9H2,1-4H3,(H,18,20). The van der Waals surface area contributed by atoms with Gasteiger partial charge in [-0.25, -0.2) is 0 Å². The number of benzene rings is 1. The number of aryl methyl sites for hydroxylation is 1. The summed E-state index contributed by atoms with van der Waals surface area (Å²) in [5.41, 5.74) is 1.17. The maximum absolute atomic E-state index is 12.9. The number of anilines is 1. The number of nitrogens with one attached hydrogen (secondary N) is 1. The lowest BCUT2D eigenvalue weighted by atomic mass is 9.91. The molecule has 0 saturated carbocycles. The fraction of sp³-hybridized carbons (Fsp3) is 0.529. The van der Waals surface area contributed by atoms with Gasteiger partial charge in [0.2, 0.25) is 5.91 Å². The first-order valence-corrected chi connectivity index (χ1v) is 7.68. The van der Waals surface area contributed by atoms with Gasteiger partial charge in [-0.3, -0.25) is 14.5 Å². The van der Waals surface area contributed by atoms with E-state index in [-0.39, 0.29) is 11.8 Å². The van der Waals surface area contributed by atoms with E-state index in [4.69, 9.17) is 0 Å². The summed E-state index contributed by atoms with van der Waals surface area (Å²) in [5.74, 6) is -0.120. The zero-order valence-corrected chi connectivity index (χ0v) is 13.3. The summed E-state index contributed by atoms with van der Waals surface area (Å²) in [6.07, 6.45) is 2.48. The van der Waals surface area contributed by atoms with Gasteiger partial charge in [-0.05, 0) is 38.3 Å². The molecule has 114 valence electrons. The number of rotatable bonds is 4. The summed E-state index contributed by atoms with van der Waals surface area (Å²) < 4.78 is 0. The zero-order chi connectivity index (χ0) is 15.6. The topological polar surface area (TPSA) is 49.4 Å². The Morgan fingerprint density at radius 2 is 1.90 bits per heavy atom. The lowest BCUT2D eigenvalue weighted by molar-refractivity contribution is -0.137. The highest BCUT2D eigenvalue weighted by molar-refractivity contribution is 6.10. The molecule has 0 aromatic heterocycles. The first-order valence-electron chi connectivity index (χ1n) is 7.68. The summed E-state index contributed by atoms with van der Waals surface area (Å²) in [6, 6.07) is 7.40. The van der Waals surface area contributed by atoms with E-state index < -0.39 is 11.6 Å². The van der Waals surface area contributed by atoms with Crippen molar-refractivity contribution in [2.75, 3.05) is 4.90 Å². The van der Waals surface area contributed by atoms with Crippen molar-refractivity contribution < 1.29 is 9.59 Å². The monoisotopic (exact) mass is 288 g/mol. The van der Waals surface area contributed by atoms with E-state index in [0.29, 0.717) is 6.42 Å². The van der Waals surface area contributed by atoms with E-state index in [1.165, 1.54) is 0 Å². The fourth-order valence-electron chi connectivity index (χ4n) is 2.77. The van der Waals surface area contributed by atoms with Crippen molar-refractivity contribution in [3.8, 4) is 0 Å². The minimum absolute atomic E-state index is 0.0272. The van der Waals surface area contributed by atoms with Gasteiger partial charge < -0.3 is 5.32 Å². The summed E-state index contributed by atoms with van der Waals surface area (Å²) in [7, 11) is 0. The van der Waals surface area contributed by atoms with Crippen molar-refractivity contribution >= 4 is 17.5 Å². The molecule has 1 saturated heterocycles. The normalized spacial score (nSPS) is 25.9. The molecule has 1 aromatic carbocycles. The Labute approximate surface area is 126 Å². The fourth-order valence-corrected chi connectivity index (χ4v) is 2.77. The number of piperazine rings is 1. The van der Waals surface area contributed by atoms with Gasteiger partial charge in [0.1, 0.15) is 11.6 Å². The van der Waals surface area contributed by atoms with Gasteiger partial charge in [-0.15, -0.1) is 0 Å². The third-order valence-electron chi connectivity index (χ3n) is 4.33. The lowest BCUT2D eigenvalue weighted by Gasteiger charge is -2.43. The van der Waals surface area contributed by atoms with Gasteiger partial charge in [0.15, 0.2) is 0 Å². The summed E-state index contributed by atoms with van der Waals surface area (Å²) in [5, 5.41) is 2.86. The van der Waals surface area contributed by atoms with Gasteiger partial charge in [0.25, 0.3) is 5.91 Å². The van der Waals surface area contributed by atoms with Crippen molar-refractivity contribution in [2.24, 2.45) is 0 Å². The SMILES string of the molecule is CCCc1ccccc1N1C(=O)C(C)(CC)NC(=O)C1C. The van der Waals surface area contributed by atoms with Crippen molar-refractivity contribution in [3.63, 3.8) is 0 Å². The second kappa shape index (κ2) is 5.88. The molecule has 1 aromatic rings. The maximum Gasteiger partial charge on any atom is 0.253 e. The Bertz CT molecular complexity index is 555. The Hall–Kier alpha value is -1.84. The molecule has 1 aliphatic rings.